The maximum Gasteiger partial charge on any atom is 0.494 e. The number of aromatic amines is 1. The van der Waals surface area contributed by atoms with Gasteiger partial charge in [-0.05, 0) is 280 Å². The van der Waals surface area contributed by atoms with Gasteiger partial charge in [0.2, 0.25) is 0 Å². The number of carbonyl (C=O) groups is 3. The van der Waals surface area contributed by atoms with E-state index in [1.807, 2.05) is 60.7 Å². The van der Waals surface area contributed by atoms with Crippen LogP contribution in [0.4, 0.5) is 17.1 Å². The van der Waals surface area contributed by atoms with Gasteiger partial charge in [0.05, 0.1) is 11.2 Å². The van der Waals surface area contributed by atoms with Crippen LogP contribution < -0.4 is 22.7 Å². The number of anilines is 3. The van der Waals surface area contributed by atoms with Crippen molar-refractivity contribution in [1.82, 2.24) is 45.4 Å². The highest BCUT2D eigenvalue weighted by molar-refractivity contribution is 9.11. The van der Waals surface area contributed by atoms with E-state index in [-0.39, 0.29) is 49.0 Å². The number of nitrogens with two attached hydrogens (primary N) is 3. The lowest BCUT2D eigenvalue weighted by Gasteiger charge is -2.32. The molecule has 6 aliphatic rings. The number of H-pyrrole nitrogens is 1. The SMILES string of the molecule is CC(=O)c1nn(COCC[Si](C)(C)C)nc1-c1ccc2c(c1)Cc1cc(Br)ccc1-2.CC(=O)c1nn(COCC[Si](C)(C)C)nc1-c1ccc2c(c1)Cc1cc(N)ccc1-2.CC1(C)OB(c2ccc3c(c2)Cc2cc(N)ccc2-3)OC1(C)C.Nc1ccc2c(c1)Cc1cc(Br)ccc1-2.O=C(O)c1n[nH]nc1-c1ccc2c(c1)Cc1cc(Br)ccc1-2. The molecule has 4 heterocycles. The van der Waals surface area contributed by atoms with Crippen LogP contribution in [0.5, 0.6) is 0 Å². The Morgan fingerprint density at radius 1 is 0.417 bits per heavy atom. The van der Waals surface area contributed by atoms with Gasteiger partial charge in [-0.3, -0.25) is 9.59 Å². The van der Waals surface area contributed by atoms with E-state index in [9.17, 15) is 14.4 Å². The number of halogens is 3. The van der Waals surface area contributed by atoms with Crippen molar-refractivity contribution >= 4 is 111 Å². The minimum Gasteiger partial charge on any atom is -0.476 e. The van der Waals surface area contributed by atoms with Crippen LogP contribution >= 0.6 is 47.8 Å². The van der Waals surface area contributed by atoms with Crippen molar-refractivity contribution in [3.05, 3.63) is 268 Å². The summed E-state index contributed by atoms with van der Waals surface area (Å²) in [6, 6.07) is 64.5. The Hall–Kier alpha value is -10.4. The summed E-state index contributed by atoms with van der Waals surface area (Å²) in [5.41, 5.74) is 50.8. The molecule has 8 N–H and O–H groups in total. The molecule has 26 heteroatoms. The predicted molar refractivity (Wildman–Crippen MR) is 494 cm³/mol. The summed E-state index contributed by atoms with van der Waals surface area (Å²) < 4.78 is 27.1. The number of hydrogen-bond acceptors (Lipinski definition) is 16. The van der Waals surface area contributed by atoms with Crippen molar-refractivity contribution in [2.24, 2.45) is 0 Å². The second-order valence-electron chi connectivity index (χ2n) is 34.8. The molecule has 5 aliphatic carbocycles. The van der Waals surface area contributed by atoms with Crippen molar-refractivity contribution in [3.8, 4) is 89.4 Å². The third-order valence-corrected chi connectivity index (χ3v) is 27.8. The van der Waals surface area contributed by atoms with Crippen LogP contribution in [-0.2, 0) is 64.3 Å². The van der Waals surface area contributed by atoms with Gasteiger partial charge in [-0.15, -0.1) is 15.3 Å². The van der Waals surface area contributed by atoms with Gasteiger partial charge >= 0.3 is 13.1 Å². The molecular weight excluding hydrogens is 1730 g/mol. The van der Waals surface area contributed by atoms with Crippen LogP contribution in [0.1, 0.15) is 129 Å². The van der Waals surface area contributed by atoms with E-state index in [1.54, 1.807) is 0 Å². The first-order chi connectivity index (χ1) is 57.1. The van der Waals surface area contributed by atoms with E-state index in [1.165, 1.54) is 135 Å². The zero-order chi connectivity index (χ0) is 85.0. The number of carbonyl (C=O) groups excluding carboxylic acids is 2. The number of hydrogen-bond donors (Lipinski definition) is 5. The Morgan fingerprint density at radius 3 is 1.05 bits per heavy atom. The third-order valence-electron chi connectivity index (χ3n) is 22.9. The fourth-order valence-corrected chi connectivity index (χ4v) is 18.7. The fraction of sp³-hybridized carbons (Fsp3) is 0.266. The van der Waals surface area contributed by atoms with E-state index in [0.29, 0.717) is 41.7 Å². The van der Waals surface area contributed by atoms with Gasteiger partial charge in [0.25, 0.3) is 0 Å². The van der Waals surface area contributed by atoms with Crippen LogP contribution in [0.3, 0.4) is 0 Å². The van der Waals surface area contributed by atoms with Crippen molar-refractivity contribution in [2.45, 2.75) is 150 Å². The van der Waals surface area contributed by atoms with Crippen LogP contribution in [0.25, 0.3) is 89.4 Å². The average molecular weight is 1830 g/mol. The second-order valence-corrected chi connectivity index (χ2v) is 48.8. The van der Waals surface area contributed by atoms with Crippen molar-refractivity contribution < 1.29 is 38.3 Å². The molecular formula is C94H96BBr3N12O8Si2. The van der Waals surface area contributed by atoms with Crippen LogP contribution in [0, 0.1) is 0 Å². The Labute approximate surface area is 727 Å². The van der Waals surface area contributed by atoms with Gasteiger partial charge in [-0.25, -0.2) is 4.79 Å². The Kier molecular flexibility index (Phi) is 24.2. The zero-order valence-corrected chi connectivity index (χ0v) is 76.2. The molecule has 3 aromatic heterocycles. The first-order valence-corrected chi connectivity index (χ1v) is 50.0. The van der Waals surface area contributed by atoms with Gasteiger partial charge in [-0.1, -0.05) is 178 Å². The normalized spacial score (nSPS) is 14.0. The fourth-order valence-electron chi connectivity index (χ4n) is 15.9. The maximum atomic E-state index is 12.2. The molecule has 0 bridgehead atoms. The molecule has 13 aromatic rings. The molecule has 0 spiro atoms. The highest BCUT2D eigenvalue weighted by Gasteiger charge is 2.52. The topological polar surface area (TPSA) is 289 Å². The van der Waals surface area contributed by atoms with E-state index in [0.717, 1.165) is 96.8 Å². The monoisotopic (exact) mass is 1820 g/mol. The molecule has 1 fully saturated rings. The number of aromatic carboxylic acids is 1. The summed E-state index contributed by atoms with van der Waals surface area (Å²) in [4.78, 5) is 38.6. The molecule has 1 aliphatic heterocycles. The highest BCUT2D eigenvalue weighted by Crippen LogP contribution is 2.46. The number of nitrogens with one attached hydrogen (secondary N) is 1. The summed E-state index contributed by atoms with van der Waals surface area (Å²) in [7, 11) is -2.60. The van der Waals surface area contributed by atoms with E-state index < -0.39 is 22.1 Å². The quantitative estimate of drug-likeness (QED) is 0.0245. The first-order valence-electron chi connectivity index (χ1n) is 40.2. The summed E-state index contributed by atoms with van der Waals surface area (Å²) in [5, 5.41) is 37.2. The summed E-state index contributed by atoms with van der Waals surface area (Å²) in [6.07, 6.45) is 4.45. The van der Waals surface area contributed by atoms with E-state index >= 15 is 0 Å². The van der Waals surface area contributed by atoms with Gasteiger partial charge < -0.3 is 41.1 Å². The van der Waals surface area contributed by atoms with Gasteiger partial charge in [0.1, 0.15) is 17.1 Å². The lowest BCUT2D eigenvalue weighted by molar-refractivity contribution is 0.00578. The minimum absolute atomic E-state index is 0.0572. The van der Waals surface area contributed by atoms with Crippen LogP contribution in [-0.4, -0.2) is 116 Å². The Bertz CT molecular complexity index is 5960. The minimum atomic E-state index is -1.15. The molecule has 612 valence electrons. The van der Waals surface area contributed by atoms with Gasteiger partial charge in [0.15, 0.2) is 42.1 Å². The number of nitrogens with zero attached hydrogens (tertiary/aromatic N) is 8. The lowest BCUT2D eigenvalue weighted by atomic mass is 9.78. The molecule has 0 atom stereocenters. The first kappa shape index (κ1) is 84.6. The lowest BCUT2D eigenvalue weighted by Crippen LogP contribution is -2.41. The third kappa shape index (κ3) is 18.6. The number of ether oxygens (including phenoxy) is 2. The molecule has 0 saturated carbocycles. The molecule has 0 unspecified atom stereocenters. The van der Waals surface area contributed by atoms with Crippen LogP contribution in [0.15, 0.2) is 195 Å². The molecule has 1 saturated heterocycles. The molecule has 20 nitrogen and oxygen atoms in total. The number of carboxylic acid groups (broad SMARTS) is 1. The summed E-state index contributed by atoms with van der Waals surface area (Å²) in [6.45, 7) is 27.2. The number of aromatic nitrogens is 9. The number of nitrogen functional groups attached to an aromatic ring is 3. The largest absolute Gasteiger partial charge is 0.494 e. The van der Waals surface area contributed by atoms with Gasteiger partial charge in [-0.2, -0.15) is 30.1 Å². The number of fused-ring (bicyclic) bond motifs is 15. The Balaban J connectivity index is 0.000000119. The molecule has 0 amide bonds. The van der Waals surface area contributed by atoms with Crippen LogP contribution in [0.2, 0.25) is 51.4 Å². The average Bonchev–Trinajstić information content (AvgIpc) is 1.65. The number of benzene rings is 10. The summed E-state index contributed by atoms with van der Waals surface area (Å²) in [5.74, 6) is -1.28. The maximum absolute atomic E-state index is 12.2. The molecule has 10 aromatic carbocycles. The standard InChI is InChI=1S/C23H26BrN3O2Si.C23H28N4O2Si.C19H22BNO2.C16H10BrN3O2.C13H10BrN/c2*1-15(28)22-23(26-27(25-22)14-29-9-10-30(2,3)4)16-5-7-20-17(11-16)12-18-13-19(24)6-8-21(18)20;1-18(2)19(3,4)23-20(22-18)14-5-7-16-12(10-14)9-13-11-15(21)6-8-17(13)16;17-11-2-4-13-10(7-11)6-9-5-8(1-3-12(9)13)14-15(16(21)22)19-20-18-14;14-10-1-3-12-8(6-10)5-9-7-11(15)2-4-13(9)12/h5-8,11,13H,9-10,12,14H2,1-4H3;5-8,11,13H,9-10,12,14,24H2,1-4H3;5-8,10-11H,9,21H2,1-4H3;1-5,7H,6H2,(H,21,22)(H,18,19,20);1-4,6-7H,5,15H2. The van der Waals surface area contributed by atoms with E-state index in [2.05, 4.69) is 272 Å². The number of rotatable bonds is 17. The van der Waals surface area contributed by atoms with Gasteiger partial charge in [0, 0.05) is 90.4 Å². The Morgan fingerprint density at radius 2 is 0.717 bits per heavy atom. The highest BCUT2D eigenvalue weighted by atomic mass is 79.9. The zero-order valence-electron chi connectivity index (χ0n) is 69.4. The number of Topliss-reactive ketones (excluding diaryl/α,β-unsaturated/α-hetero) is 2. The van der Waals surface area contributed by atoms with E-state index in [4.69, 9.17) is 41.1 Å². The van der Waals surface area contributed by atoms with Crippen molar-refractivity contribution in [3.63, 3.8) is 0 Å². The number of carboxylic acids is 1. The van der Waals surface area contributed by atoms with Crippen molar-refractivity contribution in [2.75, 3.05) is 30.4 Å². The summed E-state index contributed by atoms with van der Waals surface area (Å²) >= 11 is 10.6. The van der Waals surface area contributed by atoms with Crippen molar-refractivity contribution in [1.29, 1.82) is 0 Å². The second kappa shape index (κ2) is 34.3. The molecule has 120 heavy (non-hydrogen) atoms. The molecule has 19 rings (SSSR count). The smallest absolute Gasteiger partial charge is 0.476 e. The number of ketones is 2. The predicted octanol–water partition coefficient (Wildman–Crippen LogP) is 20.7. The molecule has 0 radical (unpaired) electrons.